The Morgan fingerprint density at radius 1 is 1.00 bits per heavy atom. The highest BCUT2D eigenvalue weighted by atomic mass is 35.5. The van der Waals surface area contributed by atoms with Crippen molar-refractivity contribution in [1.82, 2.24) is 15.3 Å². The average Bonchev–Trinajstić information content (AvgIpc) is 3.23. The van der Waals surface area contributed by atoms with Crippen molar-refractivity contribution in [1.29, 1.82) is 0 Å². The second-order valence-corrected chi connectivity index (χ2v) is 7.81. The van der Waals surface area contributed by atoms with Gasteiger partial charge in [0.1, 0.15) is 5.52 Å². The van der Waals surface area contributed by atoms with Crippen LogP contribution in [0.15, 0.2) is 83.5 Å². The molecule has 0 aliphatic carbocycles. The molecular weight excluding hydrogens is 444 g/mol. The van der Waals surface area contributed by atoms with Crippen LogP contribution in [-0.4, -0.2) is 21.0 Å². The van der Waals surface area contributed by atoms with E-state index in [4.69, 9.17) is 28.2 Å². The summed E-state index contributed by atoms with van der Waals surface area (Å²) in [7, 11) is 0. The summed E-state index contributed by atoms with van der Waals surface area (Å²) in [6.07, 6.45) is 3.38. The van der Waals surface area contributed by atoms with E-state index in [-0.39, 0.29) is 11.0 Å². The smallest absolute Gasteiger partial charge is 0.258 e. The molecule has 2 N–H and O–H groups in total. The lowest BCUT2D eigenvalue weighted by molar-refractivity contribution is 0.0979. The van der Waals surface area contributed by atoms with E-state index in [1.807, 2.05) is 30.3 Å². The molecule has 5 aromatic rings. The minimum absolute atomic E-state index is 0.171. The number of carbonyl (C=O) groups is 1. The van der Waals surface area contributed by atoms with Gasteiger partial charge in [-0.05, 0) is 60.1 Å². The summed E-state index contributed by atoms with van der Waals surface area (Å²) in [6, 6.07) is 19.9. The Kier molecular flexibility index (Phi) is 5.26. The zero-order valence-electron chi connectivity index (χ0n) is 16.5. The maximum atomic E-state index is 12.8. The number of hydrogen-bond acceptors (Lipinski definition) is 5. The van der Waals surface area contributed by atoms with E-state index < -0.39 is 0 Å². The number of anilines is 1. The van der Waals surface area contributed by atoms with Gasteiger partial charge in [0.25, 0.3) is 5.91 Å². The van der Waals surface area contributed by atoms with E-state index >= 15 is 0 Å². The van der Waals surface area contributed by atoms with Crippen LogP contribution < -0.4 is 10.6 Å². The summed E-state index contributed by atoms with van der Waals surface area (Å²) in [5.41, 5.74) is 3.25. The van der Waals surface area contributed by atoms with E-state index in [1.54, 1.807) is 48.8 Å². The minimum atomic E-state index is -0.322. The number of halogens is 1. The molecule has 156 valence electrons. The molecule has 0 aliphatic rings. The summed E-state index contributed by atoms with van der Waals surface area (Å²) in [5.74, 6) is 0.160. The fraction of sp³-hybridized carbons (Fsp3) is 0. The Morgan fingerprint density at radius 3 is 2.69 bits per heavy atom. The zero-order valence-corrected chi connectivity index (χ0v) is 18.1. The van der Waals surface area contributed by atoms with Crippen molar-refractivity contribution in [2.75, 3.05) is 5.32 Å². The van der Waals surface area contributed by atoms with Crippen LogP contribution >= 0.6 is 23.8 Å². The zero-order chi connectivity index (χ0) is 22.1. The van der Waals surface area contributed by atoms with Gasteiger partial charge in [-0.15, -0.1) is 0 Å². The Morgan fingerprint density at radius 2 is 1.84 bits per heavy atom. The predicted octanol–water partition coefficient (Wildman–Crippen LogP) is 5.82. The number of nitrogens with one attached hydrogen (secondary N) is 2. The molecule has 3 aromatic carbocycles. The molecule has 0 fully saturated rings. The van der Waals surface area contributed by atoms with Crippen molar-refractivity contribution in [2.45, 2.75) is 0 Å². The summed E-state index contributed by atoms with van der Waals surface area (Å²) in [5, 5.41) is 8.07. The second-order valence-electron chi connectivity index (χ2n) is 6.99. The Hall–Kier alpha value is -3.81. The highest BCUT2D eigenvalue weighted by molar-refractivity contribution is 7.80. The van der Waals surface area contributed by atoms with Crippen LogP contribution in [0.5, 0.6) is 0 Å². The van der Waals surface area contributed by atoms with Crippen LogP contribution in [0.25, 0.3) is 33.3 Å². The Bertz CT molecular complexity index is 1480. The van der Waals surface area contributed by atoms with E-state index in [0.717, 1.165) is 16.3 Å². The molecule has 0 saturated heterocycles. The molecule has 0 saturated carbocycles. The van der Waals surface area contributed by atoms with Gasteiger partial charge in [-0.1, -0.05) is 35.9 Å². The van der Waals surface area contributed by atoms with Crippen LogP contribution in [0, 0.1) is 0 Å². The molecular formula is C24H15ClN4O2S. The fourth-order valence-corrected chi connectivity index (χ4v) is 3.87. The highest BCUT2D eigenvalue weighted by Crippen LogP contribution is 2.27. The second kappa shape index (κ2) is 8.37. The number of oxazole rings is 1. The predicted molar refractivity (Wildman–Crippen MR) is 130 cm³/mol. The van der Waals surface area contributed by atoms with Gasteiger partial charge in [0.2, 0.25) is 5.89 Å². The van der Waals surface area contributed by atoms with Crippen molar-refractivity contribution < 1.29 is 9.21 Å². The Labute approximate surface area is 193 Å². The molecule has 2 heterocycles. The number of fused-ring (bicyclic) bond motifs is 2. The van der Waals surface area contributed by atoms with Gasteiger partial charge < -0.3 is 9.73 Å². The number of nitrogens with zero attached hydrogens (tertiary/aromatic N) is 2. The van der Waals surface area contributed by atoms with Gasteiger partial charge in [-0.25, -0.2) is 4.98 Å². The van der Waals surface area contributed by atoms with E-state index in [2.05, 4.69) is 20.6 Å². The van der Waals surface area contributed by atoms with Crippen molar-refractivity contribution in [3.63, 3.8) is 0 Å². The average molecular weight is 459 g/mol. The number of pyridine rings is 1. The standard InChI is InChI=1S/C24H15ClN4O2S/c25-19-8-2-5-16-17(19)6-1-7-18(16)22(30)29-24(32)27-15-9-10-21-20(12-15)28-23(31-21)14-4-3-11-26-13-14/h1-13H,(H2,27,29,30,32). The SMILES string of the molecule is O=C(NC(=S)Nc1ccc2oc(-c3cccnc3)nc2c1)c1cccc2c(Cl)cccc12. The van der Waals surface area contributed by atoms with Crippen LogP contribution in [0.3, 0.4) is 0 Å². The summed E-state index contributed by atoms with van der Waals surface area (Å²) >= 11 is 11.6. The van der Waals surface area contributed by atoms with Gasteiger partial charge in [0, 0.05) is 34.1 Å². The van der Waals surface area contributed by atoms with Gasteiger partial charge in [0.15, 0.2) is 10.7 Å². The maximum Gasteiger partial charge on any atom is 0.258 e. The third-order valence-electron chi connectivity index (χ3n) is 4.89. The quantitative estimate of drug-likeness (QED) is 0.331. The summed E-state index contributed by atoms with van der Waals surface area (Å²) < 4.78 is 5.79. The normalized spacial score (nSPS) is 10.9. The van der Waals surface area contributed by atoms with Gasteiger partial charge >= 0.3 is 0 Å². The molecule has 8 heteroatoms. The molecule has 0 radical (unpaired) electrons. The maximum absolute atomic E-state index is 12.8. The van der Waals surface area contributed by atoms with Crippen molar-refractivity contribution in [3.8, 4) is 11.5 Å². The number of amides is 1. The summed E-state index contributed by atoms with van der Waals surface area (Å²) in [6.45, 7) is 0. The molecule has 1 amide bonds. The molecule has 0 spiro atoms. The number of carbonyl (C=O) groups excluding carboxylic acids is 1. The van der Waals surface area contributed by atoms with Crippen molar-refractivity contribution >= 4 is 62.4 Å². The minimum Gasteiger partial charge on any atom is -0.436 e. The van der Waals surface area contributed by atoms with Gasteiger partial charge in [0.05, 0.1) is 5.56 Å². The van der Waals surface area contributed by atoms with Gasteiger partial charge in [-0.3, -0.25) is 15.1 Å². The van der Waals surface area contributed by atoms with Crippen molar-refractivity contribution in [3.05, 3.63) is 89.7 Å². The third-order valence-corrected chi connectivity index (χ3v) is 5.43. The lowest BCUT2D eigenvalue weighted by atomic mass is 10.0. The molecule has 5 rings (SSSR count). The van der Waals surface area contributed by atoms with Crippen LogP contribution in [0.2, 0.25) is 5.02 Å². The van der Waals surface area contributed by atoms with Gasteiger partial charge in [-0.2, -0.15) is 0 Å². The molecule has 32 heavy (non-hydrogen) atoms. The summed E-state index contributed by atoms with van der Waals surface area (Å²) in [4.78, 5) is 21.4. The van der Waals surface area contributed by atoms with Crippen LogP contribution in [-0.2, 0) is 0 Å². The monoisotopic (exact) mass is 458 g/mol. The lowest BCUT2D eigenvalue weighted by Crippen LogP contribution is -2.34. The molecule has 0 bridgehead atoms. The first-order valence-electron chi connectivity index (χ1n) is 9.69. The molecule has 0 aliphatic heterocycles. The first kappa shape index (κ1) is 20.1. The molecule has 0 atom stereocenters. The topological polar surface area (TPSA) is 80.0 Å². The number of thiocarbonyl (C=S) groups is 1. The third kappa shape index (κ3) is 3.91. The largest absolute Gasteiger partial charge is 0.436 e. The highest BCUT2D eigenvalue weighted by Gasteiger charge is 2.14. The first-order chi connectivity index (χ1) is 15.6. The van der Waals surface area contributed by atoms with Crippen LogP contribution in [0.4, 0.5) is 5.69 Å². The fourth-order valence-electron chi connectivity index (χ4n) is 3.42. The van der Waals surface area contributed by atoms with Crippen molar-refractivity contribution in [2.24, 2.45) is 0 Å². The molecule has 6 nitrogen and oxygen atoms in total. The van der Waals surface area contributed by atoms with E-state index in [1.165, 1.54) is 0 Å². The lowest BCUT2D eigenvalue weighted by Gasteiger charge is -2.11. The number of rotatable bonds is 3. The van der Waals surface area contributed by atoms with Crippen LogP contribution in [0.1, 0.15) is 10.4 Å². The molecule has 0 unspecified atom stereocenters. The Balaban J connectivity index is 1.34. The number of benzene rings is 3. The number of hydrogen-bond donors (Lipinski definition) is 2. The van der Waals surface area contributed by atoms with E-state index in [0.29, 0.717) is 33.3 Å². The number of aromatic nitrogens is 2. The first-order valence-corrected chi connectivity index (χ1v) is 10.5. The molecule has 2 aromatic heterocycles. The van der Waals surface area contributed by atoms with E-state index in [9.17, 15) is 4.79 Å².